The summed E-state index contributed by atoms with van der Waals surface area (Å²) < 4.78 is 23.5. The van der Waals surface area contributed by atoms with Gasteiger partial charge in [0.05, 0.1) is 11.5 Å². The Labute approximate surface area is 125 Å². The van der Waals surface area contributed by atoms with E-state index in [0.717, 1.165) is 5.56 Å². The van der Waals surface area contributed by atoms with Crippen molar-refractivity contribution in [2.75, 3.05) is 19.3 Å². The van der Waals surface area contributed by atoms with Crippen LogP contribution in [0.1, 0.15) is 5.56 Å². The number of sulfone groups is 1. The fraction of sp³-hybridized carbons (Fsp3) is 0.364. The smallest absolute Gasteiger partial charge is 0.188 e. The number of nitrogens with zero attached hydrogens (tertiary/aromatic N) is 1. The summed E-state index contributed by atoms with van der Waals surface area (Å²) in [6.07, 6.45) is 0. The molecule has 5 nitrogen and oxygen atoms in total. The van der Waals surface area contributed by atoms with Crippen LogP contribution in [0.5, 0.6) is 0 Å². The van der Waals surface area contributed by atoms with Crippen molar-refractivity contribution in [2.24, 2.45) is 10.7 Å². The molecule has 1 aromatic rings. The number of benzene rings is 1. The third kappa shape index (κ3) is 6.80. The summed E-state index contributed by atoms with van der Waals surface area (Å²) in [6.45, 7) is 0.276. The number of nitrogens with one attached hydrogen (secondary N) is 1. The summed E-state index contributed by atoms with van der Waals surface area (Å²) >= 11 is 0. The van der Waals surface area contributed by atoms with Gasteiger partial charge >= 0.3 is 0 Å². The Kier molecular flexibility index (Phi) is 7.92. The highest BCUT2D eigenvalue weighted by molar-refractivity contribution is 14.0. The van der Waals surface area contributed by atoms with E-state index in [1.807, 2.05) is 18.2 Å². The van der Waals surface area contributed by atoms with E-state index in [2.05, 4.69) is 10.3 Å². The first-order valence-corrected chi connectivity index (χ1v) is 7.06. The molecule has 0 amide bonds. The molecule has 0 aliphatic rings. The lowest BCUT2D eigenvalue weighted by Gasteiger charge is -2.06. The molecule has 0 fully saturated rings. The normalized spacial score (nSPS) is 11.7. The van der Waals surface area contributed by atoms with Gasteiger partial charge in [-0.05, 0) is 5.56 Å². The Bertz CT molecular complexity index is 474. The van der Waals surface area contributed by atoms with Gasteiger partial charge in [0.1, 0.15) is 0 Å². The Morgan fingerprint density at radius 3 is 2.50 bits per heavy atom. The molecule has 0 saturated carbocycles. The van der Waals surface area contributed by atoms with Crippen molar-refractivity contribution in [3.05, 3.63) is 35.9 Å². The van der Waals surface area contributed by atoms with Crippen molar-refractivity contribution in [1.82, 2.24) is 5.32 Å². The van der Waals surface area contributed by atoms with Gasteiger partial charge < -0.3 is 11.1 Å². The van der Waals surface area contributed by atoms with Crippen molar-refractivity contribution in [1.29, 1.82) is 0 Å². The molecule has 0 aliphatic carbocycles. The molecule has 0 saturated heterocycles. The van der Waals surface area contributed by atoms with Crippen LogP contribution in [0, 0.1) is 0 Å². The summed E-state index contributed by atoms with van der Waals surface area (Å²) in [6, 6.07) is 9.10. The zero-order chi connectivity index (χ0) is 12.7. The van der Waals surface area contributed by atoms with Gasteiger partial charge in [-0.15, -0.1) is 24.0 Å². The van der Waals surface area contributed by atoms with Gasteiger partial charge in [-0.1, -0.05) is 30.3 Å². The summed E-state index contributed by atoms with van der Waals surface area (Å²) in [4.78, 5) is 3.68. The summed E-state index contributed by atoms with van der Waals surface area (Å²) in [5.74, 6) is 0.344. The van der Waals surface area contributed by atoms with Crippen LogP contribution in [0.15, 0.2) is 35.3 Å². The van der Waals surface area contributed by atoms with Crippen molar-refractivity contribution < 1.29 is 8.42 Å². The number of rotatable bonds is 5. The first kappa shape index (κ1) is 17.2. The molecule has 1 rings (SSSR count). The Morgan fingerprint density at radius 2 is 1.94 bits per heavy atom. The predicted octanol–water partition coefficient (Wildman–Crippen LogP) is 0.754. The van der Waals surface area contributed by atoms with Gasteiger partial charge in [-0.25, -0.2) is 8.42 Å². The van der Waals surface area contributed by atoms with Gasteiger partial charge in [0.15, 0.2) is 15.8 Å². The largest absolute Gasteiger partial charge is 0.370 e. The number of nitrogens with two attached hydrogens (primary N) is 1. The molecule has 7 heteroatoms. The van der Waals surface area contributed by atoms with Crippen LogP contribution in [-0.4, -0.2) is 33.7 Å². The molecule has 0 bridgehead atoms. The fourth-order valence-electron chi connectivity index (χ4n) is 1.31. The molecule has 18 heavy (non-hydrogen) atoms. The van der Waals surface area contributed by atoms with Crippen LogP contribution < -0.4 is 11.1 Å². The molecule has 102 valence electrons. The molecule has 0 aliphatic heterocycles. The Morgan fingerprint density at radius 1 is 1.33 bits per heavy atom. The van der Waals surface area contributed by atoms with E-state index >= 15 is 0 Å². The van der Waals surface area contributed by atoms with Gasteiger partial charge in [0, 0.05) is 13.6 Å². The van der Waals surface area contributed by atoms with Crippen LogP contribution in [0.4, 0.5) is 0 Å². The van der Waals surface area contributed by atoms with Crippen molar-refractivity contribution in [3.8, 4) is 0 Å². The minimum absolute atomic E-state index is 0. The maximum absolute atomic E-state index is 11.7. The lowest BCUT2D eigenvalue weighted by atomic mass is 10.2. The molecular formula is C11H18IN3O2S. The number of hydrogen-bond acceptors (Lipinski definition) is 3. The minimum Gasteiger partial charge on any atom is -0.370 e. The second-order valence-electron chi connectivity index (χ2n) is 3.61. The molecule has 0 atom stereocenters. The van der Waals surface area contributed by atoms with E-state index in [1.165, 1.54) is 0 Å². The number of hydrogen-bond donors (Lipinski definition) is 2. The quantitative estimate of drug-likeness (QED) is 0.447. The maximum atomic E-state index is 11.7. The third-order valence-electron chi connectivity index (χ3n) is 2.19. The second kappa shape index (κ2) is 8.30. The highest BCUT2D eigenvalue weighted by Crippen LogP contribution is 2.05. The van der Waals surface area contributed by atoms with Gasteiger partial charge in [-0.2, -0.15) is 0 Å². The van der Waals surface area contributed by atoms with E-state index in [1.54, 1.807) is 19.2 Å². The highest BCUT2D eigenvalue weighted by atomic mass is 127. The standard InChI is InChI=1S/C11H17N3O2S.HI/c1-13-11(12)14-7-8-17(15,16)9-10-5-3-2-4-6-10;/h2-6H,7-9H2,1H3,(H3,12,13,14);1H. The molecule has 3 N–H and O–H groups in total. The van der Waals surface area contributed by atoms with E-state index in [9.17, 15) is 8.42 Å². The zero-order valence-corrected chi connectivity index (χ0v) is 13.3. The molecule has 0 unspecified atom stereocenters. The van der Waals surface area contributed by atoms with Gasteiger partial charge in [-0.3, -0.25) is 4.99 Å². The average molecular weight is 383 g/mol. The van der Waals surface area contributed by atoms with Crippen LogP contribution in [0.2, 0.25) is 0 Å². The van der Waals surface area contributed by atoms with E-state index < -0.39 is 9.84 Å². The molecule has 0 radical (unpaired) electrons. The van der Waals surface area contributed by atoms with Crippen molar-refractivity contribution in [2.45, 2.75) is 5.75 Å². The van der Waals surface area contributed by atoms with Crippen molar-refractivity contribution >= 4 is 39.8 Å². The SMILES string of the molecule is CN=C(N)NCCS(=O)(=O)Cc1ccccc1.I. The Hall–Kier alpha value is -0.830. The first-order chi connectivity index (χ1) is 8.03. The van der Waals surface area contributed by atoms with Crippen molar-refractivity contribution in [3.63, 3.8) is 0 Å². The topological polar surface area (TPSA) is 84.5 Å². The average Bonchev–Trinajstić information content (AvgIpc) is 2.29. The number of aliphatic imine (C=N–C) groups is 1. The minimum atomic E-state index is -3.11. The lowest BCUT2D eigenvalue weighted by Crippen LogP contribution is -2.35. The highest BCUT2D eigenvalue weighted by Gasteiger charge is 2.11. The number of halogens is 1. The molecule has 0 spiro atoms. The number of guanidine groups is 1. The van der Waals surface area contributed by atoms with Gasteiger partial charge in [0.25, 0.3) is 0 Å². The molecule has 0 heterocycles. The zero-order valence-electron chi connectivity index (χ0n) is 10.2. The second-order valence-corrected chi connectivity index (χ2v) is 5.80. The van der Waals surface area contributed by atoms with E-state index in [0.29, 0.717) is 0 Å². The summed E-state index contributed by atoms with van der Waals surface area (Å²) in [5.41, 5.74) is 6.19. The van der Waals surface area contributed by atoms with Crippen LogP contribution in [0.25, 0.3) is 0 Å². The van der Waals surface area contributed by atoms with E-state index in [-0.39, 0.29) is 48.0 Å². The molecule has 1 aromatic carbocycles. The molecule has 0 aromatic heterocycles. The monoisotopic (exact) mass is 383 g/mol. The van der Waals surface area contributed by atoms with Crippen LogP contribution in [0.3, 0.4) is 0 Å². The molecular weight excluding hydrogens is 365 g/mol. The predicted molar refractivity (Wildman–Crippen MR) is 84.9 cm³/mol. The Balaban J connectivity index is 0.00000289. The van der Waals surface area contributed by atoms with Crippen LogP contribution >= 0.6 is 24.0 Å². The lowest BCUT2D eigenvalue weighted by molar-refractivity contribution is 0.594. The van der Waals surface area contributed by atoms with E-state index in [4.69, 9.17) is 5.73 Å². The summed E-state index contributed by atoms with van der Waals surface area (Å²) in [5, 5.41) is 2.72. The fourth-order valence-corrected chi connectivity index (χ4v) is 2.57. The van der Waals surface area contributed by atoms with Gasteiger partial charge in [0.2, 0.25) is 0 Å². The third-order valence-corrected chi connectivity index (χ3v) is 3.79. The van der Waals surface area contributed by atoms with Crippen LogP contribution in [-0.2, 0) is 15.6 Å². The maximum Gasteiger partial charge on any atom is 0.188 e. The summed E-state index contributed by atoms with van der Waals surface area (Å²) in [7, 11) is -1.57. The first-order valence-electron chi connectivity index (χ1n) is 5.24.